The summed E-state index contributed by atoms with van der Waals surface area (Å²) in [6.07, 6.45) is 0. The monoisotopic (exact) mass is 358 g/mol. The second kappa shape index (κ2) is 4.20. The topological polar surface area (TPSA) is 18.5 Å². The zero-order chi connectivity index (χ0) is 13.2. The van der Waals surface area contributed by atoms with Crippen LogP contribution in [0.4, 0.5) is 0 Å². The molecule has 98 valence electrons. The summed E-state index contributed by atoms with van der Waals surface area (Å²) < 4.78 is 10.7. The van der Waals surface area contributed by atoms with Crippen LogP contribution in [0.2, 0.25) is 0 Å². The highest BCUT2D eigenvalue weighted by atomic mass is 35.5. The van der Waals surface area contributed by atoms with Crippen LogP contribution in [0.5, 0.6) is 0 Å². The summed E-state index contributed by atoms with van der Waals surface area (Å²) in [5.41, 5.74) is 0. The first-order valence-electron chi connectivity index (χ1n) is 4.58. The van der Waals surface area contributed by atoms with E-state index in [2.05, 4.69) is 0 Å². The van der Waals surface area contributed by atoms with Crippen LogP contribution in [0.1, 0.15) is 0 Å². The minimum Gasteiger partial charge on any atom is -0.349 e. The first-order valence-corrected chi connectivity index (χ1v) is 6.96. The van der Waals surface area contributed by atoms with E-state index in [9.17, 15) is 0 Å². The van der Waals surface area contributed by atoms with Gasteiger partial charge in [-0.15, -0.1) is 46.4 Å². The highest BCUT2D eigenvalue weighted by Crippen LogP contribution is 2.71. The highest BCUT2D eigenvalue weighted by Gasteiger charge is 2.84. The summed E-state index contributed by atoms with van der Waals surface area (Å²) in [7, 11) is 2.77. The van der Waals surface area contributed by atoms with Gasteiger partial charge in [0.2, 0.25) is 5.79 Å². The zero-order valence-corrected chi connectivity index (χ0v) is 13.3. The first kappa shape index (κ1) is 14.8. The van der Waals surface area contributed by atoms with E-state index in [0.29, 0.717) is 0 Å². The molecule has 0 amide bonds. The minimum absolute atomic E-state index is 0.108. The van der Waals surface area contributed by atoms with Gasteiger partial charge in [0.15, 0.2) is 9.75 Å². The second-order valence-corrected chi connectivity index (χ2v) is 6.77. The molecule has 1 saturated carbocycles. The maximum atomic E-state index is 6.48. The number of ether oxygens (including phenoxy) is 2. The van der Waals surface area contributed by atoms with E-state index < -0.39 is 26.3 Å². The second-order valence-electron chi connectivity index (χ2n) is 3.88. The van der Waals surface area contributed by atoms with Crippen molar-refractivity contribution in [1.82, 2.24) is 0 Å². The van der Waals surface area contributed by atoms with Crippen LogP contribution in [0.3, 0.4) is 0 Å². The Balaban J connectivity index is 2.77. The van der Waals surface area contributed by atoms with Gasteiger partial charge in [0.05, 0.1) is 20.8 Å². The Morgan fingerprint density at radius 2 is 1.18 bits per heavy atom. The number of methoxy groups -OCH3 is 2. The van der Waals surface area contributed by atoms with E-state index in [1.54, 1.807) is 0 Å². The summed E-state index contributed by atoms with van der Waals surface area (Å²) in [5, 5.41) is -1.34. The molecular weight excluding hydrogens is 353 g/mol. The third-order valence-corrected chi connectivity index (χ3v) is 7.50. The van der Waals surface area contributed by atoms with Gasteiger partial charge in [-0.1, -0.05) is 23.2 Å². The van der Waals surface area contributed by atoms with Crippen LogP contribution in [-0.4, -0.2) is 40.5 Å². The molecule has 0 saturated heterocycles. The molecule has 2 rings (SSSR count). The van der Waals surface area contributed by atoms with Crippen molar-refractivity contribution in [2.24, 2.45) is 0 Å². The number of hydrogen-bond donors (Lipinski definition) is 0. The molecule has 0 N–H and O–H groups in total. The van der Waals surface area contributed by atoms with Crippen molar-refractivity contribution < 1.29 is 9.47 Å². The summed E-state index contributed by atoms with van der Waals surface area (Å²) in [5.74, 6) is -1.50. The summed E-state index contributed by atoms with van der Waals surface area (Å²) in [6, 6.07) is 0. The van der Waals surface area contributed by atoms with E-state index in [1.165, 1.54) is 14.2 Å². The van der Waals surface area contributed by atoms with Gasteiger partial charge in [-0.05, 0) is 0 Å². The standard InChI is InChI=1S/C9H8Cl6O2/c1-16-9(17-2)7(14)3(10)4(11)8(9,15)6(13)5(7)12/h3-4H,1-2H3/t3-,4-,7-,8-/m0/s1. The smallest absolute Gasteiger partial charge is 0.220 e. The summed E-state index contributed by atoms with van der Waals surface area (Å²) in [4.78, 5) is -2.82. The number of halogens is 6. The van der Waals surface area contributed by atoms with Crippen LogP contribution >= 0.6 is 69.6 Å². The highest BCUT2D eigenvalue weighted by molar-refractivity contribution is 6.56. The van der Waals surface area contributed by atoms with Crippen molar-refractivity contribution in [3.63, 3.8) is 0 Å². The van der Waals surface area contributed by atoms with Gasteiger partial charge in [-0.25, -0.2) is 0 Å². The van der Waals surface area contributed by atoms with Gasteiger partial charge in [0.25, 0.3) is 0 Å². The normalized spacial score (nSPS) is 48.0. The molecule has 0 aliphatic heterocycles. The Bertz CT molecular complexity index is 363. The van der Waals surface area contributed by atoms with Gasteiger partial charge in [0.1, 0.15) is 0 Å². The molecule has 2 bridgehead atoms. The predicted octanol–water partition coefficient (Wildman–Crippen LogP) is 3.86. The Kier molecular flexibility index (Phi) is 3.65. The minimum atomic E-state index is -1.50. The summed E-state index contributed by atoms with van der Waals surface area (Å²) in [6.45, 7) is 0. The molecular formula is C9H8Cl6O2. The fourth-order valence-electron chi connectivity index (χ4n) is 2.56. The molecule has 0 aromatic heterocycles. The van der Waals surface area contributed by atoms with Crippen molar-refractivity contribution >= 4 is 69.6 Å². The van der Waals surface area contributed by atoms with Crippen molar-refractivity contribution in [1.29, 1.82) is 0 Å². The summed E-state index contributed by atoms with van der Waals surface area (Å²) >= 11 is 37.6. The molecule has 4 atom stereocenters. The van der Waals surface area contributed by atoms with Gasteiger partial charge in [0, 0.05) is 14.2 Å². The lowest BCUT2D eigenvalue weighted by Crippen LogP contribution is -2.57. The molecule has 0 unspecified atom stereocenters. The fourth-order valence-corrected chi connectivity index (χ4v) is 5.66. The molecule has 2 aliphatic carbocycles. The van der Waals surface area contributed by atoms with Crippen molar-refractivity contribution in [3.05, 3.63) is 10.1 Å². The lowest BCUT2D eigenvalue weighted by Gasteiger charge is -2.40. The fraction of sp³-hybridized carbons (Fsp3) is 0.778. The maximum Gasteiger partial charge on any atom is 0.220 e. The molecule has 0 radical (unpaired) electrons. The average molecular weight is 361 g/mol. The quantitative estimate of drug-likeness (QED) is 0.550. The third kappa shape index (κ3) is 1.25. The Hall–Kier alpha value is 1.40. The third-order valence-electron chi connectivity index (χ3n) is 3.38. The van der Waals surface area contributed by atoms with Gasteiger partial charge < -0.3 is 9.47 Å². The van der Waals surface area contributed by atoms with E-state index >= 15 is 0 Å². The molecule has 0 spiro atoms. The number of hydrogen-bond acceptors (Lipinski definition) is 2. The first-order chi connectivity index (χ1) is 7.75. The predicted molar refractivity (Wildman–Crippen MR) is 71.9 cm³/mol. The van der Waals surface area contributed by atoms with Crippen LogP contribution in [-0.2, 0) is 9.47 Å². The van der Waals surface area contributed by atoms with Gasteiger partial charge in [-0.2, -0.15) is 0 Å². The Morgan fingerprint density at radius 1 is 0.882 bits per heavy atom. The molecule has 2 aliphatic rings. The maximum absolute atomic E-state index is 6.48. The van der Waals surface area contributed by atoms with E-state index in [-0.39, 0.29) is 10.1 Å². The number of rotatable bonds is 2. The molecule has 0 heterocycles. The van der Waals surface area contributed by atoms with Crippen molar-refractivity contribution in [2.45, 2.75) is 26.3 Å². The van der Waals surface area contributed by atoms with Gasteiger partial charge >= 0.3 is 0 Å². The Labute approximate surface area is 129 Å². The molecule has 0 aromatic rings. The lowest BCUT2D eigenvalue weighted by molar-refractivity contribution is -0.216. The van der Waals surface area contributed by atoms with Crippen molar-refractivity contribution in [3.8, 4) is 0 Å². The zero-order valence-electron chi connectivity index (χ0n) is 8.74. The molecule has 8 heteroatoms. The van der Waals surface area contributed by atoms with Crippen LogP contribution in [0.25, 0.3) is 0 Å². The largest absolute Gasteiger partial charge is 0.349 e. The lowest BCUT2D eigenvalue weighted by atomic mass is 10.0. The van der Waals surface area contributed by atoms with E-state index in [1.807, 2.05) is 0 Å². The molecule has 1 fully saturated rings. The van der Waals surface area contributed by atoms with Crippen LogP contribution in [0, 0.1) is 0 Å². The molecule has 17 heavy (non-hydrogen) atoms. The number of fused-ring (bicyclic) bond motifs is 2. The molecule has 2 nitrogen and oxygen atoms in total. The van der Waals surface area contributed by atoms with E-state index in [0.717, 1.165) is 0 Å². The van der Waals surface area contributed by atoms with Crippen LogP contribution in [0.15, 0.2) is 10.1 Å². The van der Waals surface area contributed by atoms with Crippen LogP contribution < -0.4 is 0 Å². The van der Waals surface area contributed by atoms with Gasteiger partial charge in [-0.3, -0.25) is 0 Å². The van der Waals surface area contributed by atoms with E-state index in [4.69, 9.17) is 79.1 Å². The van der Waals surface area contributed by atoms with Crippen molar-refractivity contribution in [2.75, 3.05) is 14.2 Å². The SMILES string of the molecule is COC1(OC)[C@@]2(Cl)C(Cl)=C(Cl)[C@@]1(Cl)[C@@H](Cl)[C@@H]2Cl. The average Bonchev–Trinajstić information content (AvgIpc) is 2.54. The molecule has 0 aromatic carbocycles. The Morgan fingerprint density at radius 3 is 1.35 bits per heavy atom. The number of alkyl halides is 4.